The zero-order chi connectivity index (χ0) is 26.5. The number of rotatable bonds is 28. The number of hydrogen-bond acceptors (Lipinski definition) is 5. The third-order valence-corrected chi connectivity index (χ3v) is 6.90. The molecule has 1 N–H and O–H groups in total. The Morgan fingerprint density at radius 3 is 1.22 bits per heavy atom. The molecular formula is C31H60O5. The molecule has 0 amide bonds. The predicted octanol–water partition coefficient (Wildman–Crippen LogP) is 8.84. The van der Waals surface area contributed by atoms with Crippen molar-refractivity contribution in [2.24, 2.45) is 0 Å². The number of aliphatic hydroxyl groups is 1. The lowest BCUT2D eigenvalue weighted by atomic mass is 10.1. The minimum absolute atomic E-state index is 0.0582. The molecule has 0 fully saturated rings. The highest BCUT2D eigenvalue weighted by Gasteiger charge is 2.16. The van der Waals surface area contributed by atoms with E-state index in [1.807, 2.05) is 0 Å². The van der Waals surface area contributed by atoms with Crippen LogP contribution >= 0.6 is 0 Å². The zero-order valence-electron chi connectivity index (χ0n) is 24.0. The largest absolute Gasteiger partial charge is 0.462 e. The first kappa shape index (κ1) is 34.9. The number of aliphatic hydroxyl groups excluding tert-OH is 1. The van der Waals surface area contributed by atoms with Crippen molar-refractivity contribution in [3.05, 3.63) is 0 Å². The van der Waals surface area contributed by atoms with Gasteiger partial charge in [-0.2, -0.15) is 0 Å². The summed E-state index contributed by atoms with van der Waals surface area (Å²) in [7, 11) is 0. The van der Waals surface area contributed by atoms with Crippen molar-refractivity contribution in [1.82, 2.24) is 0 Å². The first-order valence-corrected chi connectivity index (χ1v) is 15.6. The van der Waals surface area contributed by atoms with Crippen LogP contribution in [0.1, 0.15) is 168 Å². The normalized spacial score (nSPS) is 12.0. The zero-order valence-corrected chi connectivity index (χ0v) is 24.0. The minimum Gasteiger partial charge on any atom is -0.462 e. The van der Waals surface area contributed by atoms with Gasteiger partial charge >= 0.3 is 11.9 Å². The van der Waals surface area contributed by atoms with E-state index in [-0.39, 0.29) is 25.2 Å². The van der Waals surface area contributed by atoms with Crippen LogP contribution in [0.4, 0.5) is 0 Å². The van der Waals surface area contributed by atoms with Crippen molar-refractivity contribution < 1.29 is 24.2 Å². The van der Waals surface area contributed by atoms with Crippen LogP contribution in [-0.4, -0.2) is 36.4 Å². The van der Waals surface area contributed by atoms with Gasteiger partial charge in [-0.15, -0.1) is 0 Å². The molecule has 214 valence electrons. The molecule has 0 aromatic heterocycles. The van der Waals surface area contributed by atoms with Crippen LogP contribution in [0.2, 0.25) is 0 Å². The van der Waals surface area contributed by atoms with Crippen LogP contribution in [0.3, 0.4) is 0 Å². The highest BCUT2D eigenvalue weighted by Crippen LogP contribution is 2.14. The van der Waals surface area contributed by atoms with Crippen LogP contribution in [0.15, 0.2) is 0 Å². The summed E-state index contributed by atoms with van der Waals surface area (Å²) in [6.45, 7) is 4.11. The molecule has 0 rings (SSSR count). The molecule has 0 spiro atoms. The Balaban J connectivity index is 3.57. The lowest BCUT2D eigenvalue weighted by Crippen LogP contribution is -2.28. The maximum Gasteiger partial charge on any atom is 0.306 e. The Hall–Kier alpha value is -1.10. The van der Waals surface area contributed by atoms with Gasteiger partial charge in [0.15, 0.2) is 6.10 Å². The second-order valence-corrected chi connectivity index (χ2v) is 10.5. The summed E-state index contributed by atoms with van der Waals surface area (Å²) < 4.78 is 10.5. The molecule has 0 aliphatic carbocycles. The number of unbranched alkanes of at least 4 members (excludes halogenated alkanes) is 20. The quantitative estimate of drug-likeness (QED) is 0.0837. The SMILES string of the molecule is CCCCCCCCCCCCCC(=O)OC[C@@H](CO)OC(=O)CCCCCCCCCCCCC. The lowest BCUT2D eigenvalue weighted by Gasteiger charge is -2.15. The molecular weight excluding hydrogens is 452 g/mol. The molecule has 1 atom stereocenters. The van der Waals surface area contributed by atoms with Crippen molar-refractivity contribution in [3.8, 4) is 0 Å². The van der Waals surface area contributed by atoms with Crippen molar-refractivity contribution in [3.63, 3.8) is 0 Å². The fourth-order valence-corrected chi connectivity index (χ4v) is 4.49. The molecule has 0 unspecified atom stereocenters. The second-order valence-electron chi connectivity index (χ2n) is 10.5. The molecule has 0 radical (unpaired) electrons. The minimum atomic E-state index is -0.758. The van der Waals surface area contributed by atoms with Crippen molar-refractivity contribution in [2.75, 3.05) is 13.2 Å². The van der Waals surface area contributed by atoms with Gasteiger partial charge in [-0.3, -0.25) is 9.59 Å². The summed E-state index contributed by atoms with van der Waals surface area (Å²) in [6, 6.07) is 0. The summed E-state index contributed by atoms with van der Waals surface area (Å²) in [5.74, 6) is -0.586. The van der Waals surface area contributed by atoms with E-state index in [0.29, 0.717) is 12.8 Å². The van der Waals surface area contributed by atoms with Gasteiger partial charge in [-0.25, -0.2) is 0 Å². The number of carbonyl (C=O) groups is 2. The Kier molecular flexibility index (Phi) is 27.6. The van der Waals surface area contributed by atoms with E-state index in [1.165, 1.54) is 103 Å². The van der Waals surface area contributed by atoms with E-state index in [1.54, 1.807) is 0 Å². The van der Waals surface area contributed by atoms with Crippen LogP contribution in [0.25, 0.3) is 0 Å². The summed E-state index contributed by atoms with van der Waals surface area (Å²) in [4.78, 5) is 24.0. The molecule has 0 aliphatic heterocycles. The second kappa shape index (κ2) is 28.5. The van der Waals surface area contributed by atoms with Crippen LogP contribution in [0.5, 0.6) is 0 Å². The van der Waals surface area contributed by atoms with Gasteiger partial charge in [0.2, 0.25) is 0 Å². The summed E-state index contributed by atoms with van der Waals surface area (Å²) in [5.41, 5.74) is 0. The number of ether oxygens (including phenoxy) is 2. The van der Waals surface area contributed by atoms with Crippen LogP contribution < -0.4 is 0 Å². The van der Waals surface area contributed by atoms with Gasteiger partial charge in [0, 0.05) is 12.8 Å². The van der Waals surface area contributed by atoms with E-state index in [4.69, 9.17) is 9.47 Å². The molecule has 0 aliphatic rings. The van der Waals surface area contributed by atoms with Gasteiger partial charge < -0.3 is 14.6 Å². The molecule has 0 saturated carbocycles. The molecule has 0 aromatic carbocycles. The van der Waals surface area contributed by atoms with Crippen molar-refractivity contribution >= 4 is 11.9 Å². The van der Waals surface area contributed by atoms with E-state index in [9.17, 15) is 14.7 Å². The molecule has 0 bridgehead atoms. The topological polar surface area (TPSA) is 72.8 Å². The van der Waals surface area contributed by atoms with E-state index in [2.05, 4.69) is 13.8 Å². The maximum atomic E-state index is 12.0. The van der Waals surface area contributed by atoms with Crippen LogP contribution in [-0.2, 0) is 19.1 Å². The molecule has 5 nitrogen and oxygen atoms in total. The van der Waals surface area contributed by atoms with E-state index >= 15 is 0 Å². The van der Waals surface area contributed by atoms with Gasteiger partial charge in [-0.1, -0.05) is 142 Å². The smallest absolute Gasteiger partial charge is 0.306 e. The number of carbonyl (C=O) groups excluding carboxylic acids is 2. The molecule has 0 heterocycles. The Morgan fingerprint density at radius 2 is 0.861 bits per heavy atom. The maximum absolute atomic E-state index is 12.0. The summed E-state index contributed by atoms with van der Waals surface area (Å²) >= 11 is 0. The first-order valence-electron chi connectivity index (χ1n) is 15.6. The van der Waals surface area contributed by atoms with Crippen LogP contribution in [0, 0.1) is 0 Å². The summed E-state index contributed by atoms with van der Waals surface area (Å²) in [5, 5.41) is 9.46. The number of esters is 2. The van der Waals surface area contributed by atoms with Gasteiger partial charge in [-0.05, 0) is 12.8 Å². The number of hydrogen-bond donors (Lipinski definition) is 1. The highest BCUT2D eigenvalue weighted by molar-refractivity contribution is 5.70. The molecule has 5 heteroatoms. The first-order chi connectivity index (χ1) is 17.6. The van der Waals surface area contributed by atoms with Crippen molar-refractivity contribution in [2.45, 2.75) is 174 Å². The Bertz CT molecular complexity index is 480. The average molecular weight is 513 g/mol. The summed E-state index contributed by atoms with van der Waals surface area (Å²) in [6.07, 6.45) is 27.2. The van der Waals surface area contributed by atoms with Crippen molar-refractivity contribution in [1.29, 1.82) is 0 Å². The van der Waals surface area contributed by atoms with E-state index in [0.717, 1.165) is 38.5 Å². The third-order valence-electron chi connectivity index (χ3n) is 6.90. The fourth-order valence-electron chi connectivity index (χ4n) is 4.49. The van der Waals surface area contributed by atoms with Gasteiger partial charge in [0.1, 0.15) is 6.61 Å². The lowest BCUT2D eigenvalue weighted by molar-refractivity contribution is -0.161. The predicted molar refractivity (Wildman–Crippen MR) is 150 cm³/mol. The molecule has 0 aromatic rings. The Morgan fingerprint density at radius 1 is 0.528 bits per heavy atom. The van der Waals surface area contributed by atoms with Gasteiger partial charge in [0.25, 0.3) is 0 Å². The monoisotopic (exact) mass is 512 g/mol. The van der Waals surface area contributed by atoms with E-state index < -0.39 is 6.10 Å². The third kappa shape index (κ3) is 26.0. The highest BCUT2D eigenvalue weighted by atomic mass is 16.6. The standard InChI is InChI=1S/C31H60O5/c1-3-5-7-9-11-13-15-17-19-21-23-25-30(33)35-28-29(27-32)36-31(34)26-24-22-20-18-16-14-12-10-8-6-4-2/h29,32H,3-28H2,1-2H3/t29-/m1/s1. The Labute approximate surface area is 223 Å². The van der Waals surface area contributed by atoms with Gasteiger partial charge in [0.05, 0.1) is 6.61 Å². The fraction of sp³-hybridized carbons (Fsp3) is 0.935. The average Bonchev–Trinajstić information content (AvgIpc) is 2.88. The molecule has 36 heavy (non-hydrogen) atoms. The molecule has 0 saturated heterocycles.